The van der Waals surface area contributed by atoms with Crippen LogP contribution in [0.2, 0.25) is 0 Å². The Bertz CT molecular complexity index is 1530. The Morgan fingerprint density at radius 3 is 2.36 bits per heavy atom. The van der Waals surface area contributed by atoms with Crippen LogP contribution in [-0.2, 0) is 16.1 Å². The number of esters is 2. The normalized spacial score (nSPS) is 17.1. The zero-order valence-corrected chi connectivity index (χ0v) is 21.2. The number of ketones is 1. The van der Waals surface area contributed by atoms with Gasteiger partial charge in [0.05, 0.1) is 46.6 Å². The van der Waals surface area contributed by atoms with E-state index in [0.717, 1.165) is 11.3 Å². The maximum Gasteiger partial charge on any atom is 0.338 e. The lowest BCUT2D eigenvalue weighted by Gasteiger charge is -2.33. The van der Waals surface area contributed by atoms with Crippen molar-refractivity contribution in [2.24, 2.45) is 0 Å². The predicted octanol–water partition coefficient (Wildman–Crippen LogP) is 4.73. The molecule has 2 atom stereocenters. The molecule has 6 rings (SSSR count). The number of carbonyl (C=O) groups is 3. The van der Waals surface area contributed by atoms with Crippen molar-refractivity contribution >= 4 is 29.1 Å². The van der Waals surface area contributed by atoms with Crippen molar-refractivity contribution in [1.82, 2.24) is 9.97 Å². The van der Waals surface area contributed by atoms with Crippen LogP contribution < -0.4 is 11.1 Å². The van der Waals surface area contributed by atoms with Crippen molar-refractivity contribution in [2.45, 2.75) is 25.5 Å². The third-order valence-electron chi connectivity index (χ3n) is 6.53. The average molecular weight is 523 g/mol. The fourth-order valence-electron chi connectivity index (χ4n) is 4.72. The number of pyridine rings is 2. The molecule has 2 unspecified atom stereocenters. The van der Waals surface area contributed by atoms with Crippen LogP contribution >= 0.6 is 0 Å². The number of nitrogens with zero attached hydrogens (tertiary/aromatic N) is 2. The Hall–Kier alpha value is -5.05. The number of Topliss-reactive ketones (excluding diaryl/α,β-unsaturated/α-hetero) is 1. The molecule has 9 nitrogen and oxygen atoms in total. The summed E-state index contributed by atoms with van der Waals surface area (Å²) in [4.78, 5) is 45.8. The maximum absolute atomic E-state index is 13.6. The van der Waals surface area contributed by atoms with Gasteiger partial charge in [-0.25, -0.2) is 9.59 Å². The smallest absolute Gasteiger partial charge is 0.338 e. The topological polar surface area (TPSA) is 134 Å². The number of benzene rings is 2. The van der Waals surface area contributed by atoms with Gasteiger partial charge in [-0.05, 0) is 55.5 Å². The van der Waals surface area contributed by atoms with E-state index >= 15 is 0 Å². The zero-order valence-electron chi connectivity index (χ0n) is 21.2. The standard InChI is InChI=1S/C22H19N3O3.C8H7NO2/c1-2-28-22(27)14-8-7-11-16-18(14)21(26)19(15-9-3-5-12-23-15)20(25-16)17-10-4-6-13-24-17;9-7-3-1-2-5-6(7)4-11-8(5)10/h3-13,19-20,25H,2H2,1H3;1-3H,4,9H2. The molecule has 2 aromatic carbocycles. The van der Waals surface area contributed by atoms with E-state index in [4.69, 9.17) is 15.2 Å². The SMILES string of the molecule is CCOC(=O)c1cccc2c1C(=O)C(c1ccccn1)C(c1ccccn1)N2.Nc1cccc2c1COC2=O. The number of nitrogens with two attached hydrogens (primary N) is 1. The summed E-state index contributed by atoms with van der Waals surface area (Å²) in [6, 6.07) is 21.0. The van der Waals surface area contributed by atoms with Crippen molar-refractivity contribution in [3.63, 3.8) is 0 Å². The molecule has 2 aromatic heterocycles. The molecule has 0 amide bonds. The van der Waals surface area contributed by atoms with Gasteiger partial charge in [0, 0.05) is 29.3 Å². The van der Waals surface area contributed by atoms with Gasteiger partial charge in [0.15, 0.2) is 5.78 Å². The number of fused-ring (bicyclic) bond motifs is 2. The molecule has 196 valence electrons. The average Bonchev–Trinajstić information content (AvgIpc) is 3.36. The largest absolute Gasteiger partial charge is 0.462 e. The van der Waals surface area contributed by atoms with E-state index in [2.05, 4.69) is 15.3 Å². The monoisotopic (exact) mass is 522 g/mol. The van der Waals surface area contributed by atoms with Gasteiger partial charge in [0.25, 0.3) is 0 Å². The molecule has 0 aliphatic carbocycles. The highest BCUT2D eigenvalue weighted by atomic mass is 16.5. The van der Waals surface area contributed by atoms with E-state index in [0.29, 0.717) is 34.8 Å². The number of nitrogen functional groups attached to an aromatic ring is 1. The van der Waals surface area contributed by atoms with E-state index in [1.54, 1.807) is 61.8 Å². The molecule has 0 radical (unpaired) electrons. The van der Waals surface area contributed by atoms with Crippen molar-refractivity contribution in [2.75, 3.05) is 17.7 Å². The number of hydrogen-bond acceptors (Lipinski definition) is 9. The quantitative estimate of drug-likeness (QED) is 0.288. The van der Waals surface area contributed by atoms with Crippen LogP contribution in [0.1, 0.15) is 66.9 Å². The van der Waals surface area contributed by atoms with E-state index < -0.39 is 17.9 Å². The summed E-state index contributed by atoms with van der Waals surface area (Å²) in [6.07, 6.45) is 3.35. The Kier molecular flexibility index (Phi) is 7.31. The van der Waals surface area contributed by atoms with Gasteiger partial charge in [0.1, 0.15) is 6.61 Å². The summed E-state index contributed by atoms with van der Waals surface area (Å²) < 4.78 is 9.93. The fourth-order valence-corrected chi connectivity index (χ4v) is 4.72. The lowest BCUT2D eigenvalue weighted by molar-refractivity contribution is 0.0518. The second kappa shape index (κ2) is 11.1. The minimum atomic E-state index is -0.612. The molecule has 4 aromatic rings. The number of carbonyl (C=O) groups excluding carboxylic acids is 3. The van der Waals surface area contributed by atoms with Gasteiger partial charge in [-0.15, -0.1) is 0 Å². The van der Waals surface area contributed by atoms with Crippen LogP contribution in [0, 0.1) is 0 Å². The Morgan fingerprint density at radius 1 is 0.974 bits per heavy atom. The van der Waals surface area contributed by atoms with Crippen LogP contribution in [-0.4, -0.2) is 34.3 Å². The van der Waals surface area contributed by atoms with E-state index in [1.807, 2.05) is 30.3 Å². The first-order valence-electron chi connectivity index (χ1n) is 12.5. The molecular weight excluding hydrogens is 496 g/mol. The maximum atomic E-state index is 13.6. The van der Waals surface area contributed by atoms with E-state index in [1.165, 1.54) is 0 Å². The Labute approximate surface area is 225 Å². The first-order valence-corrected chi connectivity index (χ1v) is 12.5. The minimum absolute atomic E-state index is 0.174. The van der Waals surface area contributed by atoms with Gasteiger partial charge < -0.3 is 20.5 Å². The molecule has 2 aliphatic rings. The highest BCUT2D eigenvalue weighted by Gasteiger charge is 2.41. The van der Waals surface area contributed by atoms with Crippen molar-refractivity contribution in [3.05, 3.63) is 119 Å². The minimum Gasteiger partial charge on any atom is -0.462 e. The van der Waals surface area contributed by atoms with Gasteiger partial charge in [-0.3, -0.25) is 14.8 Å². The number of nitrogens with one attached hydrogen (secondary N) is 1. The molecular formula is C30H26N4O5. The molecule has 2 aliphatic heterocycles. The van der Waals surface area contributed by atoms with Gasteiger partial charge in [-0.1, -0.05) is 24.3 Å². The molecule has 0 bridgehead atoms. The fraction of sp³-hybridized carbons (Fsp3) is 0.167. The van der Waals surface area contributed by atoms with E-state index in [-0.39, 0.29) is 23.9 Å². The highest BCUT2D eigenvalue weighted by molar-refractivity contribution is 6.14. The van der Waals surface area contributed by atoms with Gasteiger partial charge in [0.2, 0.25) is 0 Å². The van der Waals surface area contributed by atoms with Crippen LogP contribution in [0.3, 0.4) is 0 Å². The summed E-state index contributed by atoms with van der Waals surface area (Å²) in [6.45, 7) is 2.30. The van der Waals surface area contributed by atoms with Crippen LogP contribution in [0.4, 0.5) is 11.4 Å². The van der Waals surface area contributed by atoms with Crippen molar-refractivity contribution < 1.29 is 23.9 Å². The second-order valence-corrected chi connectivity index (χ2v) is 8.87. The van der Waals surface area contributed by atoms with E-state index in [9.17, 15) is 14.4 Å². The van der Waals surface area contributed by atoms with Crippen molar-refractivity contribution in [1.29, 1.82) is 0 Å². The zero-order chi connectivity index (χ0) is 27.4. The third-order valence-corrected chi connectivity index (χ3v) is 6.53. The van der Waals surface area contributed by atoms with Gasteiger partial charge in [-0.2, -0.15) is 0 Å². The number of hydrogen-bond donors (Lipinski definition) is 2. The van der Waals surface area contributed by atoms with Crippen LogP contribution in [0.15, 0.2) is 85.2 Å². The third kappa shape index (κ3) is 5.06. The highest BCUT2D eigenvalue weighted by Crippen LogP contribution is 2.42. The predicted molar refractivity (Wildman–Crippen MR) is 144 cm³/mol. The first-order chi connectivity index (χ1) is 19.0. The molecule has 39 heavy (non-hydrogen) atoms. The summed E-state index contributed by atoms with van der Waals surface area (Å²) in [5.41, 5.74) is 10.2. The second-order valence-electron chi connectivity index (χ2n) is 8.87. The Balaban J connectivity index is 0.000000233. The molecule has 9 heteroatoms. The number of anilines is 2. The number of ether oxygens (including phenoxy) is 2. The lowest BCUT2D eigenvalue weighted by atomic mass is 9.80. The molecule has 0 spiro atoms. The summed E-state index contributed by atoms with van der Waals surface area (Å²) >= 11 is 0. The number of cyclic esters (lactones) is 1. The Morgan fingerprint density at radius 2 is 1.69 bits per heavy atom. The summed E-state index contributed by atoms with van der Waals surface area (Å²) in [5, 5.41) is 3.40. The lowest BCUT2D eigenvalue weighted by Crippen LogP contribution is -2.34. The first kappa shape index (κ1) is 25.6. The summed E-state index contributed by atoms with van der Waals surface area (Å²) in [5.74, 6) is -1.57. The van der Waals surface area contributed by atoms with Crippen LogP contribution in [0.5, 0.6) is 0 Å². The summed E-state index contributed by atoms with van der Waals surface area (Å²) in [7, 11) is 0. The van der Waals surface area contributed by atoms with Gasteiger partial charge >= 0.3 is 11.9 Å². The molecule has 0 saturated heterocycles. The van der Waals surface area contributed by atoms with Crippen molar-refractivity contribution in [3.8, 4) is 0 Å². The number of aromatic nitrogens is 2. The molecule has 4 heterocycles. The van der Waals surface area contributed by atoms with Crippen LogP contribution in [0.25, 0.3) is 0 Å². The molecule has 0 fully saturated rings. The molecule has 0 saturated carbocycles. The molecule has 3 N–H and O–H groups in total. The number of rotatable bonds is 4.